The van der Waals surface area contributed by atoms with Gasteiger partial charge in [-0.25, -0.2) is 4.39 Å². The van der Waals surface area contributed by atoms with Crippen LogP contribution in [0.15, 0.2) is 42.5 Å². The molecule has 0 fully saturated rings. The Kier molecular flexibility index (Phi) is 3.14. The highest BCUT2D eigenvalue weighted by Crippen LogP contribution is 2.23. The van der Waals surface area contributed by atoms with Crippen molar-refractivity contribution in [2.24, 2.45) is 0 Å². The minimum atomic E-state index is -0.396. The third kappa shape index (κ3) is 2.87. The van der Waals surface area contributed by atoms with Crippen molar-refractivity contribution in [2.75, 3.05) is 5.73 Å². The van der Waals surface area contributed by atoms with Gasteiger partial charge in [-0.3, -0.25) is 0 Å². The predicted molar refractivity (Wildman–Crippen MR) is 63.3 cm³/mol. The number of nitrogen functional groups attached to an aromatic ring is 1. The van der Waals surface area contributed by atoms with Gasteiger partial charge >= 0.3 is 0 Å². The summed E-state index contributed by atoms with van der Waals surface area (Å²) in [7, 11) is 0. The Morgan fingerprint density at radius 2 is 2.00 bits per heavy atom. The standard InChI is InChI=1S/C13H12FNO2/c14-10-4-5-13(12(15)7-10)17-8-9-2-1-3-11(16)6-9/h1-7,16H,8,15H2. The molecule has 3 nitrogen and oxygen atoms in total. The lowest BCUT2D eigenvalue weighted by Gasteiger charge is -2.09. The van der Waals surface area contributed by atoms with Crippen molar-refractivity contribution in [3.05, 3.63) is 53.8 Å². The molecule has 0 saturated heterocycles. The van der Waals surface area contributed by atoms with Crippen LogP contribution in [0.1, 0.15) is 5.56 Å². The van der Waals surface area contributed by atoms with Crippen LogP contribution in [-0.2, 0) is 6.61 Å². The molecule has 2 rings (SSSR count). The van der Waals surface area contributed by atoms with Crippen molar-refractivity contribution in [2.45, 2.75) is 6.61 Å². The van der Waals surface area contributed by atoms with Crippen LogP contribution in [0.25, 0.3) is 0 Å². The smallest absolute Gasteiger partial charge is 0.142 e. The number of phenols is 1. The van der Waals surface area contributed by atoms with Gasteiger partial charge in [0.2, 0.25) is 0 Å². The predicted octanol–water partition coefficient (Wildman–Crippen LogP) is 2.69. The Bertz CT molecular complexity index is 529. The first-order valence-corrected chi connectivity index (χ1v) is 5.11. The average molecular weight is 233 g/mol. The first kappa shape index (κ1) is 11.3. The molecule has 0 atom stereocenters. The van der Waals surface area contributed by atoms with Crippen LogP contribution in [0.2, 0.25) is 0 Å². The van der Waals surface area contributed by atoms with Crippen molar-refractivity contribution in [1.29, 1.82) is 0 Å². The van der Waals surface area contributed by atoms with E-state index in [4.69, 9.17) is 10.5 Å². The molecule has 0 aliphatic rings. The van der Waals surface area contributed by atoms with Crippen LogP contribution in [0.3, 0.4) is 0 Å². The molecule has 0 bridgehead atoms. The lowest BCUT2D eigenvalue weighted by atomic mass is 10.2. The molecular formula is C13H12FNO2. The number of aromatic hydroxyl groups is 1. The molecule has 0 heterocycles. The van der Waals surface area contributed by atoms with E-state index >= 15 is 0 Å². The molecule has 2 aromatic carbocycles. The number of rotatable bonds is 3. The van der Waals surface area contributed by atoms with Crippen LogP contribution < -0.4 is 10.5 Å². The number of ether oxygens (including phenoxy) is 1. The summed E-state index contributed by atoms with van der Waals surface area (Å²) < 4.78 is 18.2. The molecule has 0 saturated carbocycles. The SMILES string of the molecule is Nc1cc(F)ccc1OCc1cccc(O)c1. The molecule has 3 N–H and O–H groups in total. The quantitative estimate of drug-likeness (QED) is 0.801. The Balaban J connectivity index is 2.07. The van der Waals surface area contributed by atoms with Gasteiger partial charge in [0.25, 0.3) is 0 Å². The van der Waals surface area contributed by atoms with E-state index in [1.165, 1.54) is 18.2 Å². The van der Waals surface area contributed by atoms with E-state index in [2.05, 4.69) is 0 Å². The summed E-state index contributed by atoms with van der Waals surface area (Å²) in [5, 5.41) is 9.27. The van der Waals surface area contributed by atoms with E-state index in [1.807, 2.05) is 6.07 Å². The Labute approximate surface area is 98.3 Å². The summed E-state index contributed by atoms with van der Waals surface area (Å²) in [6.07, 6.45) is 0. The van der Waals surface area contributed by atoms with Crippen molar-refractivity contribution < 1.29 is 14.2 Å². The highest BCUT2D eigenvalue weighted by atomic mass is 19.1. The number of hydrogen-bond acceptors (Lipinski definition) is 3. The summed E-state index contributed by atoms with van der Waals surface area (Å²) in [6.45, 7) is 0.268. The maximum absolute atomic E-state index is 12.8. The van der Waals surface area contributed by atoms with Gasteiger partial charge in [0.15, 0.2) is 0 Å². The third-order valence-corrected chi connectivity index (χ3v) is 2.28. The zero-order valence-electron chi connectivity index (χ0n) is 9.06. The number of halogens is 1. The van der Waals surface area contributed by atoms with Gasteiger partial charge in [-0.1, -0.05) is 12.1 Å². The lowest BCUT2D eigenvalue weighted by Crippen LogP contribution is -1.99. The molecule has 0 spiro atoms. The zero-order valence-corrected chi connectivity index (χ0v) is 9.06. The van der Waals surface area contributed by atoms with Crippen LogP contribution in [0, 0.1) is 5.82 Å². The molecule has 4 heteroatoms. The normalized spacial score (nSPS) is 10.2. The highest BCUT2D eigenvalue weighted by molar-refractivity contribution is 5.52. The van der Waals surface area contributed by atoms with Crippen LogP contribution in [0.5, 0.6) is 11.5 Å². The minimum Gasteiger partial charge on any atom is -0.508 e. The molecule has 0 amide bonds. The largest absolute Gasteiger partial charge is 0.508 e. The summed E-state index contributed by atoms with van der Waals surface area (Å²) in [4.78, 5) is 0. The number of hydrogen-bond donors (Lipinski definition) is 2. The third-order valence-electron chi connectivity index (χ3n) is 2.28. The zero-order chi connectivity index (χ0) is 12.3. The van der Waals surface area contributed by atoms with Gasteiger partial charge in [-0.05, 0) is 29.8 Å². The van der Waals surface area contributed by atoms with Crippen molar-refractivity contribution in [3.63, 3.8) is 0 Å². The maximum Gasteiger partial charge on any atom is 0.142 e. The van der Waals surface area contributed by atoms with E-state index in [1.54, 1.807) is 18.2 Å². The monoisotopic (exact) mass is 233 g/mol. The van der Waals surface area contributed by atoms with E-state index in [9.17, 15) is 9.50 Å². The fraction of sp³-hybridized carbons (Fsp3) is 0.0769. The summed E-state index contributed by atoms with van der Waals surface area (Å²) in [5.41, 5.74) is 6.67. The second-order valence-corrected chi connectivity index (χ2v) is 3.64. The van der Waals surface area contributed by atoms with Gasteiger partial charge < -0.3 is 15.6 Å². The van der Waals surface area contributed by atoms with Gasteiger partial charge in [-0.2, -0.15) is 0 Å². The highest BCUT2D eigenvalue weighted by Gasteiger charge is 2.02. The van der Waals surface area contributed by atoms with Crippen molar-refractivity contribution in [1.82, 2.24) is 0 Å². The Morgan fingerprint density at radius 1 is 1.18 bits per heavy atom. The molecule has 0 aromatic heterocycles. The number of nitrogens with two attached hydrogens (primary N) is 1. The first-order valence-electron chi connectivity index (χ1n) is 5.11. The van der Waals surface area contributed by atoms with Crippen LogP contribution >= 0.6 is 0 Å². The molecule has 2 aromatic rings. The van der Waals surface area contributed by atoms with Gasteiger partial charge in [-0.15, -0.1) is 0 Å². The lowest BCUT2D eigenvalue weighted by molar-refractivity contribution is 0.307. The van der Waals surface area contributed by atoms with Gasteiger partial charge in [0, 0.05) is 6.07 Å². The molecule has 0 aliphatic heterocycles. The number of phenolic OH excluding ortho intramolecular Hbond substituents is 1. The van der Waals surface area contributed by atoms with Gasteiger partial charge in [0.05, 0.1) is 5.69 Å². The van der Waals surface area contributed by atoms with Crippen molar-refractivity contribution in [3.8, 4) is 11.5 Å². The summed E-state index contributed by atoms with van der Waals surface area (Å²) >= 11 is 0. The molecule has 0 unspecified atom stereocenters. The molecule has 0 aliphatic carbocycles. The first-order chi connectivity index (χ1) is 8.15. The van der Waals surface area contributed by atoms with Crippen LogP contribution in [-0.4, -0.2) is 5.11 Å². The summed E-state index contributed by atoms with van der Waals surface area (Å²) in [6, 6.07) is 10.7. The van der Waals surface area contributed by atoms with E-state index < -0.39 is 5.82 Å². The number of anilines is 1. The van der Waals surface area contributed by atoms with Gasteiger partial charge in [0.1, 0.15) is 23.9 Å². The molecular weight excluding hydrogens is 221 g/mol. The maximum atomic E-state index is 12.8. The molecule has 88 valence electrons. The van der Waals surface area contributed by atoms with E-state index in [0.29, 0.717) is 5.75 Å². The Hall–Kier alpha value is -2.23. The van der Waals surface area contributed by atoms with Crippen LogP contribution in [0.4, 0.5) is 10.1 Å². The topological polar surface area (TPSA) is 55.5 Å². The second kappa shape index (κ2) is 4.74. The molecule has 0 radical (unpaired) electrons. The van der Waals surface area contributed by atoms with E-state index in [-0.39, 0.29) is 18.0 Å². The number of benzene rings is 2. The summed E-state index contributed by atoms with van der Waals surface area (Å²) in [5.74, 6) is 0.208. The fourth-order valence-corrected chi connectivity index (χ4v) is 1.46. The Morgan fingerprint density at radius 3 is 2.71 bits per heavy atom. The van der Waals surface area contributed by atoms with Crippen molar-refractivity contribution >= 4 is 5.69 Å². The molecule has 17 heavy (non-hydrogen) atoms. The van der Waals surface area contributed by atoms with E-state index in [0.717, 1.165) is 5.56 Å². The minimum absolute atomic E-state index is 0.179. The fourth-order valence-electron chi connectivity index (χ4n) is 1.46. The average Bonchev–Trinajstić information content (AvgIpc) is 2.28. The second-order valence-electron chi connectivity index (χ2n) is 3.64.